The SMILES string of the molecule is FC(F)(F)Br.[2H]c1cc2cc3nc(cc4ccc(cc5nc(cc1[nH]2)C=C5)[nH]4)C=C3. The van der Waals surface area contributed by atoms with E-state index >= 15 is 0 Å². The van der Waals surface area contributed by atoms with Crippen molar-refractivity contribution < 1.29 is 14.5 Å². The van der Waals surface area contributed by atoms with Crippen LogP contribution in [0, 0.1) is 0 Å². The molecule has 146 valence electrons. The second-order valence-electron chi connectivity index (χ2n) is 6.25. The van der Waals surface area contributed by atoms with Gasteiger partial charge in [-0.25, -0.2) is 9.97 Å². The summed E-state index contributed by atoms with van der Waals surface area (Å²) >= 11 is 1.38. The lowest BCUT2D eigenvalue weighted by Gasteiger charge is -1.85. The van der Waals surface area contributed by atoms with Crippen LogP contribution in [-0.2, 0) is 0 Å². The molecule has 5 rings (SSSR count). The Balaban J connectivity index is 0.000000393. The topological polar surface area (TPSA) is 57.4 Å². The van der Waals surface area contributed by atoms with Gasteiger partial charge in [0, 0.05) is 38.0 Å². The Morgan fingerprint density at radius 3 is 1.48 bits per heavy atom. The molecule has 0 unspecified atom stereocenters. The number of fused-ring (bicyclic) bond motifs is 8. The zero-order valence-electron chi connectivity index (χ0n) is 15.8. The summed E-state index contributed by atoms with van der Waals surface area (Å²) in [5.41, 5.74) is 7.04. The van der Waals surface area contributed by atoms with Gasteiger partial charge in [0.1, 0.15) is 0 Å². The van der Waals surface area contributed by atoms with E-state index in [0.29, 0.717) is 6.04 Å². The highest BCUT2D eigenvalue weighted by Gasteiger charge is 2.19. The van der Waals surface area contributed by atoms with Crippen LogP contribution in [0.2, 0.25) is 0 Å². The lowest BCUT2D eigenvalue weighted by molar-refractivity contribution is -0.0245. The van der Waals surface area contributed by atoms with E-state index in [4.69, 9.17) is 1.37 Å². The van der Waals surface area contributed by atoms with Gasteiger partial charge in [0.15, 0.2) is 0 Å². The first-order valence-electron chi connectivity index (χ1n) is 9.02. The highest BCUT2D eigenvalue weighted by atomic mass is 79.9. The first-order chi connectivity index (χ1) is 14.2. The van der Waals surface area contributed by atoms with Crippen LogP contribution >= 0.6 is 15.9 Å². The lowest BCUT2D eigenvalue weighted by atomic mass is 10.3. The Bertz CT molecular complexity index is 1310. The maximum absolute atomic E-state index is 10.3. The molecule has 2 aliphatic heterocycles. The number of halogens is 4. The molecule has 29 heavy (non-hydrogen) atoms. The molecular formula is C21H14BrF3N4. The quantitative estimate of drug-likeness (QED) is 0.257. The minimum Gasteiger partial charge on any atom is -0.355 e. The minimum absolute atomic E-state index is 0.441. The maximum Gasteiger partial charge on any atom is 0.448 e. The molecule has 2 aliphatic rings. The first-order valence-corrected chi connectivity index (χ1v) is 9.31. The first kappa shape index (κ1) is 17.9. The van der Waals surface area contributed by atoms with Crippen LogP contribution in [0.5, 0.6) is 0 Å². The molecule has 8 bridgehead atoms. The van der Waals surface area contributed by atoms with Crippen LogP contribution in [0.15, 0.2) is 48.5 Å². The molecule has 0 saturated heterocycles. The van der Waals surface area contributed by atoms with Gasteiger partial charge in [-0.2, -0.15) is 13.2 Å². The van der Waals surface area contributed by atoms with Crippen LogP contribution in [0.4, 0.5) is 13.2 Å². The Labute approximate surface area is 173 Å². The van der Waals surface area contributed by atoms with E-state index in [1.54, 1.807) is 6.07 Å². The smallest absolute Gasteiger partial charge is 0.355 e. The van der Waals surface area contributed by atoms with Gasteiger partial charge >= 0.3 is 5.09 Å². The molecular weight excluding hydrogens is 445 g/mol. The second kappa shape index (κ2) is 7.71. The van der Waals surface area contributed by atoms with Gasteiger partial charge in [0.25, 0.3) is 0 Å². The Hall–Kier alpha value is -3.13. The summed E-state index contributed by atoms with van der Waals surface area (Å²) in [5, 5.41) is -4.19. The third kappa shape index (κ3) is 5.45. The highest BCUT2D eigenvalue weighted by Crippen LogP contribution is 2.21. The van der Waals surface area contributed by atoms with Gasteiger partial charge in [0.2, 0.25) is 0 Å². The fourth-order valence-electron chi connectivity index (χ4n) is 2.87. The molecule has 3 aromatic rings. The zero-order chi connectivity index (χ0) is 21.3. The van der Waals surface area contributed by atoms with E-state index in [0.717, 1.165) is 44.8 Å². The standard InChI is InChI=1S/C20H14N4.CBrF3/c1-2-14-10-16-5-6-18(23-16)12-20-8-7-19(24-20)11-17-4-3-15(22-17)9-13(1)21-14;2-1(3,4)5/h1-12,21,24H;/i1D;. The molecule has 0 atom stereocenters. The molecule has 3 aromatic heterocycles. The third-order valence-corrected chi connectivity index (χ3v) is 3.96. The van der Waals surface area contributed by atoms with E-state index in [9.17, 15) is 13.2 Å². The van der Waals surface area contributed by atoms with Crippen LogP contribution in [0.1, 0.15) is 24.1 Å². The number of rotatable bonds is 0. The molecule has 0 aromatic carbocycles. The van der Waals surface area contributed by atoms with Crippen LogP contribution in [0.3, 0.4) is 0 Å². The van der Waals surface area contributed by atoms with Gasteiger partial charge in [-0.1, -0.05) is 0 Å². The summed E-state index contributed by atoms with van der Waals surface area (Å²) in [6.45, 7) is 0. The minimum atomic E-state index is -4.19. The molecule has 2 N–H and O–H groups in total. The van der Waals surface area contributed by atoms with E-state index in [1.807, 2.05) is 60.7 Å². The molecule has 0 amide bonds. The van der Waals surface area contributed by atoms with E-state index in [2.05, 4.69) is 19.9 Å². The molecule has 0 saturated carbocycles. The number of H-pyrrole nitrogens is 2. The van der Waals surface area contributed by atoms with Crippen molar-refractivity contribution in [2.24, 2.45) is 0 Å². The van der Waals surface area contributed by atoms with Crippen molar-refractivity contribution in [3.05, 3.63) is 71.3 Å². The van der Waals surface area contributed by atoms with Crippen molar-refractivity contribution in [1.82, 2.24) is 19.9 Å². The zero-order valence-corrected chi connectivity index (χ0v) is 16.3. The number of alkyl halides is 4. The van der Waals surface area contributed by atoms with E-state index < -0.39 is 5.09 Å². The lowest BCUT2D eigenvalue weighted by Crippen LogP contribution is -1.88. The van der Waals surface area contributed by atoms with Crippen LogP contribution in [0.25, 0.3) is 46.4 Å². The Morgan fingerprint density at radius 1 is 0.690 bits per heavy atom. The number of hydrogen-bond acceptors (Lipinski definition) is 2. The summed E-state index contributed by atoms with van der Waals surface area (Å²) in [5.74, 6) is 0. The van der Waals surface area contributed by atoms with Gasteiger partial charge in [0.05, 0.1) is 24.1 Å². The van der Waals surface area contributed by atoms with Crippen molar-refractivity contribution in [3.8, 4) is 0 Å². The predicted molar refractivity (Wildman–Crippen MR) is 114 cm³/mol. The predicted octanol–water partition coefficient (Wildman–Crippen LogP) is 6.56. The summed E-state index contributed by atoms with van der Waals surface area (Å²) in [6, 6.07) is 14.1. The van der Waals surface area contributed by atoms with Gasteiger partial charge < -0.3 is 9.97 Å². The van der Waals surface area contributed by atoms with Crippen molar-refractivity contribution in [3.63, 3.8) is 0 Å². The normalized spacial score (nSPS) is 13.0. The van der Waals surface area contributed by atoms with Crippen molar-refractivity contribution in [1.29, 1.82) is 0 Å². The number of nitrogens with zero attached hydrogens (tertiary/aromatic N) is 2. The molecule has 8 heteroatoms. The Morgan fingerprint density at radius 2 is 1.03 bits per heavy atom. The third-order valence-electron chi connectivity index (χ3n) is 3.96. The molecule has 0 fully saturated rings. The summed E-state index contributed by atoms with van der Waals surface area (Å²) in [4.78, 5) is 15.8. The highest BCUT2D eigenvalue weighted by molar-refractivity contribution is 9.09. The summed E-state index contributed by atoms with van der Waals surface area (Å²) < 4.78 is 39.0. The second-order valence-corrected chi connectivity index (χ2v) is 7.15. The number of aromatic amines is 2. The van der Waals surface area contributed by atoms with Gasteiger partial charge in [-0.05, 0) is 72.8 Å². The summed E-state index contributed by atoms with van der Waals surface area (Å²) in [6.07, 6.45) is 7.88. The molecule has 4 nitrogen and oxygen atoms in total. The summed E-state index contributed by atoms with van der Waals surface area (Å²) in [7, 11) is 0. The number of aromatic nitrogens is 4. The van der Waals surface area contributed by atoms with Crippen LogP contribution < -0.4 is 0 Å². The average molecular weight is 460 g/mol. The largest absolute Gasteiger partial charge is 0.448 e. The van der Waals surface area contributed by atoms with Gasteiger partial charge in [-0.3, -0.25) is 0 Å². The van der Waals surface area contributed by atoms with Crippen molar-refractivity contribution in [2.75, 3.05) is 0 Å². The fraction of sp³-hybridized carbons (Fsp3) is 0.0476. The number of nitrogens with one attached hydrogen (secondary N) is 2. The van der Waals surface area contributed by atoms with Crippen molar-refractivity contribution >= 4 is 62.3 Å². The average Bonchev–Trinajstić information content (AvgIpc) is 3.39. The number of hydrogen-bond donors (Lipinski definition) is 2. The van der Waals surface area contributed by atoms with E-state index in [1.165, 1.54) is 15.9 Å². The Kier molecular flexibility index (Phi) is 4.77. The van der Waals surface area contributed by atoms with Crippen molar-refractivity contribution in [2.45, 2.75) is 5.09 Å². The molecule has 0 radical (unpaired) electrons. The molecule has 0 aliphatic carbocycles. The monoisotopic (exact) mass is 459 g/mol. The maximum atomic E-state index is 10.3. The van der Waals surface area contributed by atoms with E-state index in [-0.39, 0.29) is 0 Å². The fourth-order valence-corrected chi connectivity index (χ4v) is 2.87. The molecule has 5 heterocycles. The molecule has 0 spiro atoms. The van der Waals surface area contributed by atoms with Gasteiger partial charge in [-0.15, -0.1) is 0 Å². The van der Waals surface area contributed by atoms with Crippen LogP contribution in [-0.4, -0.2) is 25.0 Å².